The number of nitrogens with zero attached hydrogens (tertiary/aromatic N) is 1. The number of aromatic nitrogens is 1. The smallest absolute Gasteiger partial charge is 0.341 e. The number of pyridine rings is 1. The van der Waals surface area contributed by atoms with E-state index in [1.54, 1.807) is 10.6 Å². The van der Waals surface area contributed by atoms with Crippen LogP contribution in [0.3, 0.4) is 0 Å². The first-order chi connectivity index (χ1) is 12.5. The van der Waals surface area contributed by atoms with E-state index in [0.29, 0.717) is 31.7 Å². The van der Waals surface area contributed by atoms with Crippen molar-refractivity contribution in [3.63, 3.8) is 0 Å². The van der Waals surface area contributed by atoms with E-state index in [1.807, 2.05) is 19.1 Å². The molecule has 0 amide bonds. The maximum Gasteiger partial charge on any atom is 0.341 e. The number of nitrogens with two attached hydrogens (primary N) is 1. The normalized spacial score (nSPS) is 10.2. The van der Waals surface area contributed by atoms with Crippen LogP contribution in [0.5, 0.6) is 0 Å². The number of ether oxygens (including phenoxy) is 1. The van der Waals surface area contributed by atoms with Gasteiger partial charge in [-0.05, 0) is 37.5 Å². The zero-order valence-corrected chi connectivity index (χ0v) is 14.7. The fourth-order valence-corrected chi connectivity index (χ4v) is 2.58. The van der Waals surface area contributed by atoms with Crippen molar-refractivity contribution >= 4 is 23.3 Å². The van der Waals surface area contributed by atoms with E-state index >= 15 is 0 Å². The highest BCUT2D eigenvalue weighted by Gasteiger charge is 2.14. The van der Waals surface area contributed by atoms with Gasteiger partial charge in [-0.25, -0.2) is 4.79 Å². The van der Waals surface area contributed by atoms with E-state index in [9.17, 15) is 14.7 Å². The van der Waals surface area contributed by atoms with Crippen LogP contribution in [-0.4, -0.2) is 47.0 Å². The third kappa shape index (κ3) is 5.68. The molecule has 1 heterocycles. The number of rotatable bonds is 8. The zero-order valence-electron chi connectivity index (χ0n) is 14.7. The van der Waals surface area contributed by atoms with Gasteiger partial charge < -0.3 is 25.3 Å². The Morgan fingerprint density at radius 2 is 2.04 bits per heavy atom. The van der Waals surface area contributed by atoms with Crippen LogP contribution in [0.4, 0.5) is 0 Å². The molecule has 0 bridgehead atoms. The molecular formula is C18H24N2O6. The minimum Gasteiger partial charge on any atom is -0.483 e. The summed E-state index contributed by atoms with van der Waals surface area (Å²) in [6.07, 6.45) is 3.00. The predicted octanol–water partition coefficient (Wildman–Crippen LogP) is 1.33. The molecule has 8 heteroatoms. The minimum absolute atomic E-state index is 0.192. The second-order valence-corrected chi connectivity index (χ2v) is 5.42. The maximum absolute atomic E-state index is 12.4. The van der Waals surface area contributed by atoms with Gasteiger partial charge in [-0.2, -0.15) is 0 Å². The van der Waals surface area contributed by atoms with E-state index < -0.39 is 11.4 Å². The van der Waals surface area contributed by atoms with Gasteiger partial charge in [-0.3, -0.25) is 9.59 Å². The molecule has 0 atom stereocenters. The van der Waals surface area contributed by atoms with E-state index in [2.05, 4.69) is 0 Å². The fourth-order valence-electron chi connectivity index (χ4n) is 2.58. The summed E-state index contributed by atoms with van der Waals surface area (Å²) in [5.74, 6) is -1.19. The molecule has 26 heavy (non-hydrogen) atoms. The van der Waals surface area contributed by atoms with Crippen molar-refractivity contribution in [3.05, 3.63) is 45.7 Å². The van der Waals surface area contributed by atoms with Gasteiger partial charge in [-0.15, -0.1) is 0 Å². The molecule has 0 fully saturated rings. The van der Waals surface area contributed by atoms with Crippen molar-refractivity contribution in [1.29, 1.82) is 0 Å². The summed E-state index contributed by atoms with van der Waals surface area (Å²) in [5, 5.41) is 16.5. The zero-order chi connectivity index (χ0) is 19.5. The first-order valence-electron chi connectivity index (χ1n) is 8.25. The van der Waals surface area contributed by atoms with Crippen LogP contribution in [0.15, 0.2) is 29.2 Å². The Morgan fingerprint density at radius 3 is 2.62 bits per heavy atom. The standard InChI is InChI=1S/C17H22N2O4.CH2O2/c1-2-19-11-14(17(21)22)16(20)13-10-12(5-6-15(13)19)4-3-8-23-9-7-18;2-1-3/h5-6,10-11H,2-4,7-9,18H2,1H3,(H,21,22);1H,(H,2,3). The number of carbonyl (C=O) groups is 2. The Morgan fingerprint density at radius 1 is 1.35 bits per heavy atom. The highest BCUT2D eigenvalue weighted by Crippen LogP contribution is 2.16. The number of aromatic carboxylic acids is 1. The number of aryl methyl sites for hydroxylation is 2. The molecule has 0 saturated carbocycles. The summed E-state index contributed by atoms with van der Waals surface area (Å²) in [7, 11) is 0. The second kappa shape index (κ2) is 11.0. The lowest BCUT2D eigenvalue weighted by Crippen LogP contribution is -2.18. The fraction of sp³-hybridized carbons (Fsp3) is 0.389. The van der Waals surface area contributed by atoms with Gasteiger partial charge in [0.1, 0.15) is 5.56 Å². The molecule has 1 aromatic carbocycles. The topological polar surface area (TPSA) is 132 Å². The van der Waals surface area contributed by atoms with Crippen LogP contribution in [0.25, 0.3) is 10.9 Å². The molecule has 1 aromatic heterocycles. The molecule has 2 rings (SSSR count). The van der Waals surface area contributed by atoms with Gasteiger partial charge >= 0.3 is 5.97 Å². The Hall–Kier alpha value is -2.71. The molecule has 0 unspecified atom stereocenters. The summed E-state index contributed by atoms with van der Waals surface area (Å²) in [5.41, 5.74) is 6.48. The second-order valence-electron chi connectivity index (χ2n) is 5.42. The molecule has 0 radical (unpaired) electrons. The van der Waals surface area contributed by atoms with Gasteiger partial charge in [0.25, 0.3) is 6.47 Å². The quantitative estimate of drug-likeness (QED) is 0.475. The highest BCUT2D eigenvalue weighted by molar-refractivity contribution is 5.92. The Labute approximate surface area is 150 Å². The third-order valence-electron chi connectivity index (χ3n) is 3.73. The van der Waals surface area contributed by atoms with Crippen LogP contribution in [-0.2, 0) is 22.5 Å². The van der Waals surface area contributed by atoms with Crippen molar-refractivity contribution in [2.75, 3.05) is 19.8 Å². The first-order valence-corrected chi connectivity index (χ1v) is 8.25. The average Bonchev–Trinajstić information content (AvgIpc) is 2.62. The van der Waals surface area contributed by atoms with E-state index in [0.717, 1.165) is 23.9 Å². The van der Waals surface area contributed by atoms with Crippen molar-refractivity contribution in [2.45, 2.75) is 26.3 Å². The van der Waals surface area contributed by atoms with Gasteiger partial charge in [0.05, 0.1) is 12.1 Å². The lowest BCUT2D eigenvalue weighted by atomic mass is 10.0. The van der Waals surface area contributed by atoms with Crippen molar-refractivity contribution in [3.8, 4) is 0 Å². The van der Waals surface area contributed by atoms with Gasteiger partial charge in [0, 0.05) is 31.3 Å². The molecule has 0 aliphatic rings. The molecule has 0 saturated heterocycles. The van der Waals surface area contributed by atoms with E-state index in [-0.39, 0.29) is 12.0 Å². The van der Waals surface area contributed by atoms with Crippen LogP contribution in [0.1, 0.15) is 29.3 Å². The molecule has 8 nitrogen and oxygen atoms in total. The molecule has 2 aromatic rings. The third-order valence-corrected chi connectivity index (χ3v) is 3.73. The van der Waals surface area contributed by atoms with E-state index in [1.165, 1.54) is 6.20 Å². The largest absolute Gasteiger partial charge is 0.483 e. The van der Waals surface area contributed by atoms with Crippen LogP contribution < -0.4 is 11.2 Å². The average molecular weight is 364 g/mol. The molecule has 0 aliphatic carbocycles. The molecule has 0 aliphatic heterocycles. The van der Waals surface area contributed by atoms with Crippen LogP contribution in [0.2, 0.25) is 0 Å². The van der Waals surface area contributed by atoms with Crippen LogP contribution in [0, 0.1) is 0 Å². The van der Waals surface area contributed by atoms with Gasteiger partial charge in [0.2, 0.25) is 5.43 Å². The number of hydrogen-bond acceptors (Lipinski definition) is 5. The number of carboxylic acid groups (broad SMARTS) is 2. The Kier molecular flexibility index (Phi) is 9.04. The summed E-state index contributed by atoms with van der Waals surface area (Å²) in [6.45, 7) is 3.93. The number of benzene rings is 1. The molecule has 0 spiro atoms. The van der Waals surface area contributed by atoms with E-state index in [4.69, 9.17) is 20.4 Å². The lowest BCUT2D eigenvalue weighted by molar-refractivity contribution is -0.122. The number of hydrogen-bond donors (Lipinski definition) is 3. The summed E-state index contributed by atoms with van der Waals surface area (Å²) in [6, 6.07) is 5.64. The SMILES string of the molecule is CCn1cc(C(=O)O)c(=O)c2cc(CCCOCCN)ccc21.O=CO. The first kappa shape index (κ1) is 21.3. The van der Waals surface area contributed by atoms with Crippen molar-refractivity contribution in [1.82, 2.24) is 4.57 Å². The maximum atomic E-state index is 12.4. The summed E-state index contributed by atoms with van der Waals surface area (Å²) < 4.78 is 7.12. The summed E-state index contributed by atoms with van der Waals surface area (Å²) in [4.78, 5) is 32.0. The Bertz CT molecular complexity index is 800. The molecular weight excluding hydrogens is 340 g/mol. The summed E-state index contributed by atoms with van der Waals surface area (Å²) >= 11 is 0. The monoisotopic (exact) mass is 364 g/mol. The predicted molar refractivity (Wildman–Crippen MR) is 97.7 cm³/mol. The Balaban J connectivity index is 0.00000105. The number of carboxylic acids is 1. The van der Waals surface area contributed by atoms with Crippen molar-refractivity contribution in [2.24, 2.45) is 5.73 Å². The molecule has 4 N–H and O–H groups in total. The van der Waals surface area contributed by atoms with Gasteiger partial charge in [0.15, 0.2) is 0 Å². The molecule has 142 valence electrons. The van der Waals surface area contributed by atoms with Crippen molar-refractivity contribution < 1.29 is 24.5 Å². The minimum atomic E-state index is -1.19. The number of fused-ring (bicyclic) bond motifs is 1. The van der Waals surface area contributed by atoms with Gasteiger partial charge in [-0.1, -0.05) is 6.07 Å². The van der Waals surface area contributed by atoms with Crippen LogP contribution >= 0.6 is 0 Å². The lowest BCUT2D eigenvalue weighted by Gasteiger charge is -2.11. The highest BCUT2D eigenvalue weighted by atomic mass is 16.5.